The first-order valence-corrected chi connectivity index (χ1v) is 2.77. The first kappa shape index (κ1) is 5.56. The molecular formula is C5H6N2S. The summed E-state index contributed by atoms with van der Waals surface area (Å²) in [5, 5.41) is 0.738. The zero-order chi connectivity index (χ0) is 5.82. The number of aliphatic imine (C=N–C) groups is 2. The number of rotatable bonds is 0. The molecular weight excluding hydrogens is 120 g/mol. The maximum atomic E-state index is 4.01. The SMILES string of the molecule is SC1=CCC=NC=N1. The largest absolute Gasteiger partial charge is 0.249 e. The molecule has 1 aliphatic rings. The minimum Gasteiger partial charge on any atom is -0.249 e. The Morgan fingerprint density at radius 3 is 3.38 bits per heavy atom. The van der Waals surface area contributed by atoms with E-state index in [1.807, 2.05) is 6.08 Å². The number of hydrogen-bond donors (Lipinski definition) is 1. The molecule has 0 aliphatic carbocycles. The van der Waals surface area contributed by atoms with E-state index in [4.69, 9.17) is 0 Å². The highest BCUT2D eigenvalue weighted by molar-refractivity contribution is 7.84. The predicted molar refractivity (Wildman–Crippen MR) is 38.7 cm³/mol. The molecule has 0 bridgehead atoms. The summed E-state index contributed by atoms with van der Waals surface area (Å²) in [4.78, 5) is 7.63. The van der Waals surface area contributed by atoms with Crippen LogP contribution in [0, 0.1) is 0 Å². The monoisotopic (exact) mass is 126 g/mol. The lowest BCUT2D eigenvalue weighted by molar-refractivity contribution is 1.46. The molecule has 0 aromatic rings. The minimum absolute atomic E-state index is 0.738. The van der Waals surface area contributed by atoms with Gasteiger partial charge in [-0.2, -0.15) is 0 Å². The summed E-state index contributed by atoms with van der Waals surface area (Å²) in [5.74, 6) is 0. The molecule has 0 fully saturated rings. The van der Waals surface area contributed by atoms with Crippen molar-refractivity contribution in [3.8, 4) is 0 Å². The normalized spacial score (nSPS) is 17.9. The third kappa shape index (κ3) is 1.50. The van der Waals surface area contributed by atoms with Crippen molar-refractivity contribution < 1.29 is 0 Å². The van der Waals surface area contributed by atoms with Gasteiger partial charge in [-0.25, -0.2) is 9.98 Å². The van der Waals surface area contributed by atoms with Crippen LogP contribution in [-0.4, -0.2) is 12.6 Å². The Bertz CT molecular complexity index is 155. The number of allylic oxidation sites excluding steroid dienone is 1. The molecule has 0 N–H and O–H groups in total. The lowest BCUT2D eigenvalue weighted by atomic mass is 10.4. The van der Waals surface area contributed by atoms with Gasteiger partial charge < -0.3 is 0 Å². The van der Waals surface area contributed by atoms with Gasteiger partial charge in [-0.05, 0) is 6.08 Å². The summed E-state index contributed by atoms with van der Waals surface area (Å²) in [6.45, 7) is 0. The van der Waals surface area contributed by atoms with E-state index in [1.165, 1.54) is 6.34 Å². The number of nitrogens with zero attached hydrogens (tertiary/aromatic N) is 2. The first-order valence-electron chi connectivity index (χ1n) is 2.33. The van der Waals surface area contributed by atoms with E-state index in [-0.39, 0.29) is 0 Å². The quantitative estimate of drug-likeness (QED) is 0.473. The van der Waals surface area contributed by atoms with Crippen molar-refractivity contribution in [2.45, 2.75) is 6.42 Å². The van der Waals surface area contributed by atoms with Gasteiger partial charge in [0.2, 0.25) is 0 Å². The molecule has 2 nitrogen and oxygen atoms in total. The van der Waals surface area contributed by atoms with Crippen molar-refractivity contribution in [3.63, 3.8) is 0 Å². The highest BCUT2D eigenvalue weighted by atomic mass is 32.1. The molecule has 0 aromatic heterocycles. The summed E-state index contributed by atoms with van der Waals surface area (Å²) in [7, 11) is 0. The average Bonchev–Trinajstić information content (AvgIpc) is 1.94. The molecule has 42 valence electrons. The molecule has 1 heterocycles. The second-order valence-electron chi connectivity index (χ2n) is 1.37. The summed E-state index contributed by atoms with van der Waals surface area (Å²) in [5.41, 5.74) is 0. The zero-order valence-electron chi connectivity index (χ0n) is 4.28. The van der Waals surface area contributed by atoms with Gasteiger partial charge in [0.25, 0.3) is 0 Å². The molecule has 0 spiro atoms. The van der Waals surface area contributed by atoms with E-state index in [0.717, 1.165) is 11.4 Å². The van der Waals surface area contributed by atoms with Crippen LogP contribution in [0.1, 0.15) is 6.42 Å². The van der Waals surface area contributed by atoms with E-state index in [2.05, 4.69) is 22.6 Å². The Kier molecular flexibility index (Phi) is 1.86. The zero-order valence-corrected chi connectivity index (χ0v) is 5.18. The lowest BCUT2D eigenvalue weighted by Crippen LogP contribution is -1.65. The van der Waals surface area contributed by atoms with Crippen LogP contribution in [-0.2, 0) is 0 Å². The van der Waals surface area contributed by atoms with Crippen molar-refractivity contribution in [2.75, 3.05) is 0 Å². The highest BCUT2D eigenvalue weighted by Gasteiger charge is 1.83. The average molecular weight is 126 g/mol. The molecule has 1 aliphatic heterocycles. The standard InChI is InChI=1S/C5H6N2S/c8-5-2-1-3-6-4-7-5/h2-4,8H,1H2. The van der Waals surface area contributed by atoms with E-state index in [9.17, 15) is 0 Å². The van der Waals surface area contributed by atoms with E-state index in [1.54, 1.807) is 6.21 Å². The highest BCUT2D eigenvalue weighted by Crippen LogP contribution is 2.03. The molecule has 3 heteroatoms. The summed E-state index contributed by atoms with van der Waals surface area (Å²) < 4.78 is 0. The Morgan fingerprint density at radius 2 is 2.50 bits per heavy atom. The van der Waals surface area contributed by atoms with Gasteiger partial charge >= 0.3 is 0 Å². The molecule has 0 saturated carbocycles. The summed E-state index contributed by atoms with van der Waals surface area (Å²) in [6, 6.07) is 0. The first-order chi connectivity index (χ1) is 3.89. The van der Waals surface area contributed by atoms with Crippen LogP contribution >= 0.6 is 12.6 Å². The molecule has 0 saturated heterocycles. The van der Waals surface area contributed by atoms with Crippen LogP contribution in [0.4, 0.5) is 0 Å². The Hall–Kier alpha value is -0.570. The molecule has 0 aromatic carbocycles. The van der Waals surface area contributed by atoms with Crippen molar-refractivity contribution >= 4 is 25.2 Å². The van der Waals surface area contributed by atoms with Crippen molar-refractivity contribution in [3.05, 3.63) is 11.1 Å². The summed E-state index contributed by atoms with van der Waals surface area (Å²) >= 11 is 4.01. The molecule has 0 amide bonds. The van der Waals surface area contributed by atoms with Crippen molar-refractivity contribution in [1.29, 1.82) is 0 Å². The predicted octanol–water partition coefficient (Wildman–Crippen LogP) is 1.26. The lowest BCUT2D eigenvalue weighted by Gasteiger charge is -1.80. The second kappa shape index (κ2) is 2.67. The third-order valence-electron chi connectivity index (χ3n) is 0.768. The maximum Gasteiger partial charge on any atom is 0.116 e. The van der Waals surface area contributed by atoms with Gasteiger partial charge in [0, 0.05) is 12.6 Å². The third-order valence-corrected chi connectivity index (χ3v) is 1.07. The Morgan fingerprint density at radius 1 is 1.62 bits per heavy atom. The topological polar surface area (TPSA) is 24.7 Å². The fourth-order valence-corrected chi connectivity index (χ4v) is 0.568. The van der Waals surface area contributed by atoms with Crippen molar-refractivity contribution in [2.24, 2.45) is 9.98 Å². The molecule has 8 heavy (non-hydrogen) atoms. The molecule has 1 rings (SSSR count). The minimum atomic E-state index is 0.738. The van der Waals surface area contributed by atoms with Gasteiger partial charge in [-0.3, -0.25) is 0 Å². The van der Waals surface area contributed by atoms with Crippen molar-refractivity contribution in [1.82, 2.24) is 0 Å². The Balaban J connectivity index is 2.69. The van der Waals surface area contributed by atoms with Crippen LogP contribution in [0.5, 0.6) is 0 Å². The van der Waals surface area contributed by atoms with Gasteiger partial charge in [0.1, 0.15) is 6.34 Å². The van der Waals surface area contributed by atoms with Gasteiger partial charge in [-0.15, -0.1) is 12.6 Å². The molecule has 0 atom stereocenters. The van der Waals surface area contributed by atoms with Gasteiger partial charge in [0.05, 0.1) is 5.03 Å². The van der Waals surface area contributed by atoms with E-state index in [0.29, 0.717) is 0 Å². The van der Waals surface area contributed by atoms with Crippen LogP contribution in [0.25, 0.3) is 0 Å². The van der Waals surface area contributed by atoms with Crippen LogP contribution in [0.2, 0.25) is 0 Å². The van der Waals surface area contributed by atoms with Crippen LogP contribution < -0.4 is 0 Å². The van der Waals surface area contributed by atoms with Crippen LogP contribution in [0.15, 0.2) is 21.1 Å². The molecule has 0 unspecified atom stereocenters. The van der Waals surface area contributed by atoms with Crippen LogP contribution in [0.3, 0.4) is 0 Å². The van der Waals surface area contributed by atoms with E-state index < -0.39 is 0 Å². The number of thiol groups is 1. The van der Waals surface area contributed by atoms with E-state index >= 15 is 0 Å². The fourth-order valence-electron chi connectivity index (χ4n) is 0.411. The fraction of sp³-hybridized carbons (Fsp3) is 0.200. The number of hydrogen-bond acceptors (Lipinski definition) is 3. The van der Waals surface area contributed by atoms with Gasteiger partial charge in [-0.1, -0.05) is 0 Å². The summed E-state index contributed by atoms with van der Waals surface area (Å²) in [6.07, 6.45) is 6.01. The smallest absolute Gasteiger partial charge is 0.116 e. The maximum absolute atomic E-state index is 4.01. The molecule has 0 radical (unpaired) electrons. The Labute approximate surface area is 53.4 Å². The second-order valence-corrected chi connectivity index (χ2v) is 1.83. The van der Waals surface area contributed by atoms with Gasteiger partial charge in [0.15, 0.2) is 0 Å².